The van der Waals surface area contributed by atoms with Gasteiger partial charge in [-0.2, -0.15) is 0 Å². The topological polar surface area (TPSA) is 78.3 Å². The van der Waals surface area contributed by atoms with Gasteiger partial charge in [0.2, 0.25) is 5.91 Å². The highest BCUT2D eigenvalue weighted by atomic mass is 32.2. The van der Waals surface area contributed by atoms with Gasteiger partial charge in [-0.05, 0) is 23.8 Å². The smallest absolute Gasteiger partial charge is 0.231 e. The normalized spacial score (nSPS) is 10.4. The fourth-order valence-electron chi connectivity index (χ4n) is 3.47. The Morgan fingerprint density at radius 2 is 1.71 bits per heavy atom. The van der Waals surface area contributed by atoms with Gasteiger partial charge in [0.15, 0.2) is 11.0 Å². The van der Waals surface area contributed by atoms with Crippen LogP contribution in [0.1, 0.15) is 5.82 Å². The van der Waals surface area contributed by atoms with E-state index in [9.17, 15) is 4.79 Å². The van der Waals surface area contributed by atoms with E-state index in [2.05, 4.69) is 21.4 Å². The second-order valence-corrected chi connectivity index (χ2v) is 8.27. The molecule has 4 aromatic rings. The standard InChI is InChI=1S/C27H24N4O3S/c1-3-17-28-26(32)19-35-27-30-29-25(31(27)22-14-8-10-16-24(22)33-2)18-34-23-15-9-7-13-21(23)20-11-5-4-6-12-20/h1,4-16H,17-19H2,2H3,(H,28,32). The van der Waals surface area contributed by atoms with Crippen molar-refractivity contribution in [2.45, 2.75) is 11.8 Å². The molecule has 0 aliphatic rings. The van der Waals surface area contributed by atoms with Crippen LogP contribution in [-0.4, -0.2) is 40.1 Å². The molecule has 0 aliphatic carbocycles. The number of carbonyl (C=O) groups excluding carboxylic acids is 1. The minimum Gasteiger partial charge on any atom is -0.495 e. The number of benzene rings is 3. The quantitative estimate of drug-likeness (QED) is 0.266. The number of hydrogen-bond acceptors (Lipinski definition) is 6. The Bertz CT molecular complexity index is 1330. The zero-order valence-electron chi connectivity index (χ0n) is 19.2. The van der Waals surface area contributed by atoms with Crippen molar-refractivity contribution >= 4 is 17.7 Å². The van der Waals surface area contributed by atoms with Gasteiger partial charge in [-0.15, -0.1) is 16.6 Å². The maximum atomic E-state index is 12.1. The molecule has 176 valence electrons. The number of terminal acetylenes is 1. The van der Waals surface area contributed by atoms with Gasteiger partial charge in [-0.1, -0.05) is 78.3 Å². The predicted octanol–water partition coefficient (Wildman–Crippen LogP) is 4.36. The molecule has 7 nitrogen and oxygen atoms in total. The lowest BCUT2D eigenvalue weighted by Gasteiger charge is -2.15. The summed E-state index contributed by atoms with van der Waals surface area (Å²) in [6.45, 7) is 0.344. The molecule has 0 radical (unpaired) electrons. The van der Waals surface area contributed by atoms with Crippen LogP contribution in [0.3, 0.4) is 0 Å². The van der Waals surface area contributed by atoms with E-state index in [1.54, 1.807) is 7.11 Å². The maximum Gasteiger partial charge on any atom is 0.231 e. The molecule has 0 fully saturated rings. The molecule has 1 aromatic heterocycles. The van der Waals surface area contributed by atoms with Crippen molar-refractivity contribution in [3.05, 3.63) is 84.7 Å². The third kappa shape index (κ3) is 5.83. The third-order valence-corrected chi connectivity index (χ3v) is 6.00. The monoisotopic (exact) mass is 484 g/mol. The van der Waals surface area contributed by atoms with Crippen LogP contribution in [0.25, 0.3) is 16.8 Å². The molecule has 0 saturated carbocycles. The van der Waals surface area contributed by atoms with Crippen LogP contribution in [0.4, 0.5) is 0 Å². The highest BCUT2D eigenvalue weighted by Gasteiger charge is 2.19. The zero-order chi connectivity index (χ0) is 24.5. The van der Waals surface area contributed by atoms with Crippen LogP contribution in [0.15, 0.2) is 84.0 Å². The van der Waals surface area contributed by atoms with Crippen LogP contribution in [0.2, 0.25) is 0 Å². The first-order chi connectivity index (χ1) is 17.2. The lowest BCUT2D eigenvalue weighted by Crippen LogP contribution is -2.25. The predicted molar refractivity (Wildman–Crippen MR) is 137 cm³/mol. The Morgan fingerprint density at radius 3 is 2.49 bits per heavy atom. The van der Waals surface area contributed by atoms with E-state index >= 15 is 0 Å². The fraction of sp³-hybridized carbons (Fsp3) is 0.148. The Morgan fingerprint density at radius 1 is 1.00 bits per heavy atom. The molecule has 3 aromatic carbocycles. The van der Waals surface area contributed by atoms with Gasteiger partial charge in [0, 0.05) is 5.56 Å². The van der Waals surface area contributed by atoms with Gasteiger partial charge in [-0.3, -0.25) is 9.36 Å². The Labute approximate surface area is 208 Å². The average Bonchev–Trinajstić information content (AvgIpc) is 3.32. The number of nitrogens with zero attached hydrogens (tertiary/aromatic N) is 3. The molecule has 4 rings (SSSR count). The molecule has 1 heterocycles. The van der Waals surface area contributed by atoms with E-state index in [4.69, 9.17) is 15.9 Å². The van der Waals surface area contributed by atoms with Gasteiger partial charge >= 0.3 is 0 Å². The van der Waals surface area contributed by atoms with E-state index in [0.29, 0.717) is 16.7 Å². The Kier molecular flexibility index (Phi) is 8.04. The van der Waals surface area contributed by atoms with Gasteiger partial charge < -0.3 is 14.8 Å². The van der Waals surface area contributed by atoms with Gasteiger partial charge in [0.05, 0.1) is 25.1 Å². The van der Waals surface area contributed by atoms with E-state index < -0.39 is 0 Å². The van der Waals surface area contributed by atoms with E-state index in [0.717, 1.165) is 22.6 Å². The van der Waals surface area contributed by atoms with Crippen molar-refractivity contribution in [3.8, 4) is 40.7 Å². The number of hydrogen-bond donors (Lipinski definition) is 1. The summed E-state index contributed by atoms with van der Waals surface area (Å²) in [5.74, 6) is 4.31. The van der Waals surface area contributed by atoms with E-state index in [1.807, 2.05) is 83.4 Å². The van der Waals surface area contributed by atoms with E-state index in [1.165, 1.54) is 11.8 Å². The summed E-state index contributed by atoms with van der Waals surface area (Å²) in [6.07, 6.45) is 5.22. The number of rotatable bonds is 10. The molecule has 0 aliphatic heterocycles. The molecule has 1 N–H and O–H groups in total. The SMILES string of the molecule is C#CCNC(=O)CSc1nnc(COc2ccccc2-c2ccccc2)n1-c1ccccc1OC. The fourth-order valence-corrected chi connectivity index (χ4v) is 4.26. The summed E-state index contributed by atoms with van der Waals surface area (Å²) in [5, 5.41) is 11.9. The van der Waals surface area contributed by atoms with Crippen molar-refractivity contribution in [2.75, 3.05) is 19.4 Å². The minimum absolute atomic E-state index is 0.145. The summed E-state index contributed by atoms with van der Waals surface area (Å²) in [7, 11) is 1.61. The molecule has 0 atom stereocenters. The molecule has 0 spiro atoms. The second kappa shape index (κ2) is 11.8. The highest BCUT2D eigenvalue weighted by molar-refractivity contribution is 7.99. The number of ether oxygens (including phenoxy) is 2. The summed E-state index contributed by atoms with van der Waals surface area (Å²) in [6, 6.07) is 25.5. The summed E-state index contributed by atoms with van der Waals surface area (Å²) in [4.78, 5) is 12.1. The Hall–Kier alpha value is -4.22. The molecule has 8 heteroatoms. The number of aromatic nitrogens is 3. The number of nitrogens with one attached hydrogen (secondary N) is 1. The molecule has 1 amide bonds. The van der Waals surface area contributed by atoms with Crippen LogP contribution in [0, 0.1) is 12.3 Å². The lowest BCUT2D eigenvalue weighted by atomic mass is 10.1. The van der Waals surface area contributed by atoms with Crippen LogP contribution >= 0.6 is 11.8 Å². The molecule has 0 bridgehead atoms. The zero-order valence-corrected chi connectivity index (χ0v) is 20.0. The number of amides is 1. The Balaban J connectivity index is 1.63. The van der Waals surface area contributed by atoms with Crippen molar-refractivity contribution in [2.24, 2.45) is 0 Å². The number of para-hydroxylation sites is 3. The number of thioether (sulfide) groups is 1. The van der Waals surface area contributed by atoms with Crippen molar-refractivity contribution in [3.63, 3.8) is 0 Å². The van der Waals surface area contributed by atoms with Gasteiger partial charge in [0.1, 0.15) is 18.1 Å². The van der Waals surface area contributed by atoms with E-state index in [-0.39, 0.29) is 24.8 Å². The van der Waals surface area contributed by atoms with Gasteiger partial charge in [-0.25, -0.2) is 0 Å². The van der Waals surface area contributed by atoms with Crippen LogP contribution < -0.4 is 14.8 Å². The lowest BCUT2D eigenvalue weighted by molar-refractivity contribution is -0.118. The molecular weight excluding hydrogens is 460 g/mol. The first-order valence-electron chi connectivity index (χ1n) is 10.9. The first kappa shape index (κ1) is 23.9. The number of carbonyl (C=O) groups is 1. The van der Waals surface area contributed by atoms with Crippen LogP contribution in [0.5, 0.6) is 11.5 Å². The second-order valence-electron chi connectivity index (χ2n) is 7.33. The largest absolute Gasteiger partial charge is 0.495 e. The van der Waals surface area contributed by atoms with Crippen LogP contribution in [-0.2, 0) is 11.4 Å². The number of methoxy groups -OCH3 is 1. The van der Waals surface area contributed by atoms with Crippen molar-refractivity contribution in [1.29, 1.82) is 0 Å². The molecular formula is C27H24N4O3S. The highest BCUT2D eigenvalue weighted by Crippen LogP contribution is 2.32. The maximum absolute atomic E-state index is 12.1. The summed E-state index contributed by atoms with van der Waals surface area (Å²) in [5.41, 5.74) is 2.79. The minimum atomic E-state index is -0.183. The summed E-state index contributed by atoms with van der Waals surface area (Å²) < 4.78 is 13.7. The average molecular weight is 485 g/mol. The third-order valence-electron chi connectivity index (χ3n) is 5.08. The molecule has 0 saturated heterocycles. The summed E-state index contributed by atoms with van der Waals surface area (Å²) >= 11 is 1.26. The van der Waals surface area contributed by atoms with Gasteiger partial charge in [0.25, 0.3) is 0 Å². The first-order valence-corrected chi connectivity index (χ1v) is 11.9. The molecule has 0 unspecified atom stereocenters. The van der Waals surface area contributed by atoms with Crippen molar-refractivity contribution < 1.29 is 14.3 Å². The molecule has 35 heavy (non-hydrogen) atoms. The van der Waals surface area contributed by atoms with Crippen molar-refractivity contribution in [1.82, 2.24) is 20.1 Å².